The highest BCUT2D eigenvalue weighted by atomic mass is 32.2. The number of hydrogen-bond acceptors (Lipinski definition) is 3. The van der Waals surface area contributed by atoms with Crippen LogP contribution in [0.25, 0.3) is 0 Å². The summed E-state index contributed by atoms with van der Waals surface area (Å²) in [6.07, 6.45) is 0.952. The molecule has 0 aliphatic rings. The number of amides is 1. The van der Waals surface area contributed by atoms with Crippen LogP contribution < -0.4 is 5.32 Å². The Balaban J connectivity index is 2.19. The van der Waals surface area contributed by atoms with Crippen molar-refractivity contribution < 1.29 is 17.6 Å². The van der Waals surface area contributed by atoms with E-state index in [0.29, 0.717) is 11.1 Å². The van der Waals surface area contributed by atoms with Crippen LogP contribution >= 0.6 is 0 Å². The molecule has 0 aliphatic carbocycles. The minimum atomic E-state index is -3.61. The lowest BCUT2D eigenvalue weighted by Gasteiger charge is -2.15. The smallest absolute Gasteiger partial charge is 0.251 e. The molecule has 4 nitrogen and oxygen atoms in total. The molecule has 2 aromatic rings. The van der Waals surface area contributed by atoms with E-state index in [1.165, 1.54) is 12.1 Å². The summed E-state index contributed by atoms with van der Waals surface area (Å²) < 4.78 is 36.8. The van der Waals surface area contributed by atoms with Gasteiger partial charge in [0.2, 0.25) is 0 Å². The first-order valence-corrected chi connectivity index (χ1v) is 8.94. The highest BCUT2D eigenvalue weighted by Crippen LogP contribution is 2.20. The van der Waals surface area contributed by atoms with Crippen LogP contribution in [-0.4, -0.2) is 20.6 Å². The van der Waals surface area contributed by atoms with Gasteiger partial charge in [0.15, 0.2) is 9.84 Å². The monoisotopic (exact) mass is 335 g/mol. The SMILES string of the molecule is Cc1cccc(C(=O)NC(C)c2ccc(S(C)(=O)=O)c(F)c2)c1. The molecular weight excluding hydrogens is 317 g/mol. The zero-order valence-corrected chi connectivity index (χ0v) is 13.9. The molecule has 0 spiro atoms. The highest BCUT2D eigenvalue weighted by Gasteiger charge is 2.17. The van der Waals surface area contributed by atoms with E-state index in [1.54, 1.807) is 25.1 Å². The van der Waals surface area contributed by atoms with E-state index in [9.17, 15) is 17.6 Å². The Morgan fingerprint density at radius 1 is 1.17 bits per heavy atom. The van der Waals surface area contributed by atoms with E-state index in [0.717, 1.165) is 17.9 Å². The van der Waals surface area contributed by atoms with Gasteiger partial charge in [0.05, 0.1) is 6.04 Å². The summed E-state index contributed by atoms with van der Waals surface area (Å²) in [4.78, 5) is 11.8. The maximum atomic E-state index is 13.9. The van der Waals surface area contributed by atoms with Crippen molar-refractivity contribution in [3.8, 4) is 0 Å². The lowest BCUT2D eigenvalue weighted by Crippen LogP contribution is -2.26. The molecule has 2 rings (SSSR count). The van der Waals surface area contributed by atoms with Crippen molar-refractivity contribution in [2.75, 3.05) is 6.26 Å². The maximum absolute atomic E-state index is 13.9. The number of halogens is 1. The second-order valence-corrected chi connectivity index (χ2v) is 7.51. The van der Waals surface area contributed by atoms with Crippen LogP contribution in [0.2, 0.25) is 0 Å². The minimum Gasteiger partial charge on any atom is -0.346 e. The van der Waals surface area contributed by atoms with E-state index in [1.807, 2.05) is 13.0 Å². The fourth-order valence-corrected chi connectivity index (χ4v) is 2.97. The van der Waals surface area contributed by atoms with Crippen molar-refractivity contribution in [3.05, 3.63) is 65.0 Å². The standard InChI is InChI=1S/C17H18FNO3S/c1-11-5-4-6-14(9-11)17(20)19-12(2)13-7-8-16(15(18)10-13)23(3,21)22/h4-10,12H,1-3H3,(H,19,20). The normalized spacial score (nSPS) is 12.7. The van der Waals surface area contributed by atoms with Gasteiger partial charge in [-0.15, -0.1) is 0 Å². The van der Waals surface area contributed by atoms with Gasteiger partial charge in [-0.05, 0) is 43.7 Å². The van der Waals surface area contributed by atoms with Crippen LogP contribution in [-0.2, 0) is 9.84 Å². The molecule has 23 heavy (non-hydrogen) atoms. The molecule has 0 aromatic heterocycles. The van der Waals surface area contributed by atoms with Crippen molar-refractivity contribution in [2.24, 2.45) is 0 Å². The Morgan fingerprint density at radius 2 is 1.87 bits per heavy atom. The Bertz CT molecular complexity index is 847. The number of rotatable bonds is 4. The van der Waals surface area contributed by atoms with Crippen LogP contribution in [0.1, 0.15) is 34.5 Å². The van der Waals surface area contributed by atoms with Gasteiger partial charge in [0, 0.05) is 11.8 Å². The number of sulfone groups is 1. The summed E-state index contributed by atoms with van der Waals surface area (Å²) in [6, 6.07) is 10.5. The molecule has 1 unspecified atom stereocenters. The summed E-state index contributed by atoms with van der Waals surface area (Å²) in [6.45, 7) is 3.60. The third kappa shape index (κ3) is 4.16. The van der Waals surface area contributed by atoms with Gasteiger partial charge in [-0.2, -0.15) is 0 Å². The van der Waals surface area contributed by atoms with Crippen molar-refractivity contribution in [2.45, 2.75) is 24.8 Å². The predicted octanol–water partition coefficient (Wildman–Crippen LogP) is 3.03. The molecule has 0 saturated carbocycles. The fraction of sp³-hybridized carbons (Fsp3) is 0.235. The van der Waals surface area contributed by atoms with Gasteiger partial charge >= 0.3 is 0 Å². The first-order valence-electron chi connectivity index (χ1n) is 7.05. The molecular formula is C17H18FNO3S. The average Bonchev–Trinajstić information content (AvgIpc) is 2.45. The molecule has 0 fully saturated rings. The highest BCUT2D eigenvalue weighted by molar-refractivity contribution is 7.90. The van der Waals surface area contributed by atoms with Crippen molar-refractivity contribution >= 4 is 15.7 Å². The molecule has 2 aromatic carbocycles. The first kappa shape index (κ1) is 17.1. The molecule has 1 N–H and O–H groups in total. The zero-order chi connectivity index (χ0) is 17.2. The maximum Gasteiger partial charge on any atom is 0.251 e. The number of hydrogen-bond donors (Lipinski definition) is 1. The second kappa shape index (κ2) is 6.50. The lowest BCUT2D eigenvalue weighted by molar-refractivity contribution is 0.0939. The van der Waals surface area contributed by atoms with Crippen molar-refractivity contribution in [3.63, 3.8) is 0 Å². The van der Waals surface area contributed by atoms with E-state index in [2.05, 4.69) is 5.32 Å². The largest absolute Gasteiger partial charge is 0.346 e. The minimum absolute atomic E-state index is 0.270. The molecule has 0 bridgehead atoms. The third-order valence-electron chi connectivity index (χ3n) is 3.48. The Kier molecular flexibility index (Phi) is 4.85. The van der Waals surface area contributed by atoms with E-state index >= 15 is 0 Å². The Labute approximate surface area is 135 Å². The van der Waals surface area contributed by atoms with Crippen molar-refractivity contribution in [1.29, 1.82) is 0 Å². The summed E-state index contributed by atoms with van der Waals surface area (Å²) in [5.41, 5.74) is 1.98. The van der Waals surface area contributed by atoms with E-state index in [-0.39, 0.29) is 10.8 Å². The van der Waals surface area contributed by atoms with Crippen molar-refractivity contribution in [1.82, 2.24) is 5.32 Å². The molecule has 0 aliphatic heterocycles. The Hall–Kier alpha value is -2.21. The van der Waals surface area contributed by atoms with Gasteiger partial charge in [0.1, 0.15) is 10.7 Å². The van der Waals surface area contributed by atoms with Crippen LogP contribution in [0.5, 0.6) is 0 Å². The average molecular weight is 335 g/mol. The van der Waals surface area contributed by atoms with Crippen LogP contribution in [0.15, 0.2) is 47.4 Å². The van der Waals surface area contributed by atoms with Gasteiger partial charge in [-0.1, -0.05) is 23.8 Å². The van der Waals surface area contributed by atoms with E-state index < -0.39 is 21.7 Å². The number of nitrogens with one attached hydrogen (secondary N) is 1. The van der Waals surface area contributed by atoms with Gasteiger partial charge in [-0.3, -0.25) is 4.79 Å². The summed E-state index contributed by atoms with van der Waals surface area (Å²) in [5.74, 6) is -1.09. The molecule has 122 valence electrons. The molecule has 1 amide bonds. The van der Waals surface area contributed by atoms with Crippen LogP contribution in [0.4, 0.5) is 4.39 Å². The number of benzene rings is 2. The molecule has 1 atom stereocenters. The molecule has 0 saturated heterocycles. The number of aryl methyl sites for hydroxylation is 1. The third-order valence-corrected chi connectivity index (χ3v) is 4.61. The topological polar surface area (TPSA) is 63.2 Å². The molecule has 0 radical (unpaired) electrons. The molecule has 0 heterocycles. The van der Waals surface area contributed by atoms with E-state index in [4.69, 9.17) is 0 Å². The predicted molar refractivity (Wildman–Crippen MR) is 86.6 cm³/mol. The first-order chi connectivity index (χ1) is 10.7. The van der Waals surface area contributed by atoms with Crippen LogP contribution in [0.3, 0.4) is 0 Å². The number of carbonyl (C=O) groups is 1. The fourth-order valence-electron chi connectivity index (χ4n) is 2.24. The summed E-state index contributed by atoms with van der Waals surface area (Å²) >= 11 is 0. The lowest BCUT2D eigenvalue weighted by atomic mass is 10.1. The van der Waals surface area contributed by atoms with Gasteiger partial charge < -0.3 is 5.32 Å². The molecule has 6 heteroatoms. The van der Waals surface area contributed by atoms with Crippen LogP contribution in [0, 0.1) is 12.7 Å². The van der Waals surface area contributed by atoms with Gasteiger partial charge in [-0.25, -0.2) is 12.8 Å². The van der Waals surface area contributed by atoms with Gasteiger partial charge in [0.25, 0.3) is 5.91 Å². The number of carbonyl (C=O) groups excluding carboxylic acids is 1. The summed E-state index contributed by atoms with van der Waals surface area (Å²) in [7, 11) is -3.61. The quantitative estimate of drug-likeness (QED) is 0.934. The summed E-state index contributed by atoms with van der Waals surface area (Å²) in [5, 5.41) is 2.77. The second-order valence-electron chi connectivity index (χ2n) is 5.53. The zero-order valence-electron chi connectivity index (χ0n) is 13.1. The Morgan fingerprint density at radius 3 is 2.43 bits per heavy atom.